The monoisotopic (exact) mass is 302 g/mol. The molecule has 5 heteroatoms. The zero-order chi connectivity index (χ0) is 14.3. The van der Waals surface area contributed by atoms with Gasteiger partial charge in [0, 0.05) is 19.5 Å². The third kappa shape index (κ3) is 6.17. The molecule has 0 aliphatic carbocycles. The number of carbonyl (C=O) groups excluding carboxylic acids is 1. The Morgan fingerprint density at radius 2 is 1.84 bits per heavy atom. The predicted molar refractivity (Wildman–Crippen MR) is 82.0 cm³/mol. The summed E-state index contributed by atoms with van der Waals surface area (Å²) in [5.74, 6) is 0.636. The molecule has 0 spiro atoms. The summed E-state index contributed by atoms with van der Waals surface area (Å²) >= 11 is 12.0. The molecule has 0 bridgehead atoms. The van der Waals surface area contributed by atoms with Gasteiger partial charge in [0.1, 0.15) is 0 Å². The lowest BCUT2D eigenvalue weighted by molar-refractivity contribution is -0.120. The molecule has 1 aromatic carbocycles. The van der Waals surface area contributed by atoms with Crippen molar-refractivity contribution in [2.45, 2.75) is 26.7 Å². The summed E-state index contributed by atoms with van der Waals surface area (Å²) in [6.45, 7) is 5.50. The number of benzene rings is 1. The highest BCUT2D eigenvalue weighted by atomic mass is 35.5. The summed E-state index contributed by atoms with van der Waals surface area (Å²) in [5.41, 5.74) is 0.681. The summed E-state index contributed by atoms with van der Waals surface area (Å²) in [6.07, 6.45) is 1.40. The Morgan fingerprint density at radius 3 is 2.42 bits per heavy atom. The fourth-order valence-electron chi connectivity index (χ4n) is 1.56. The Bertz CT molecular complexity index is 402. The molecule has 0 unspecified atom stereocenters. The van der Waals surface area contributed by atoms with Crippen molar-refractivity contribution in [3.05, 3.63) is 28.2 Å². The van der Waals surface area contributed by atoms with Gasteiger partial charge in [-0.05, 0) is 24.5 Å². The van der Waals surface area contributed by atoms with E-state index < -0.39 is 0 Å². The quantitative estimate of drug-likeness (QED) is 0.800. The second-order valence-electron chi connectivity index (χ2n) is 4.81. The Morgan fingerprint density at radius 1 is 1.21 bits per heavy atom. The third-order valence-corrected chi connectivity index (χ3v) is 3.29. The van der Waals surface area contributed by atoms with E-state index in [4.69, 9.17) is 23.2 Å². The van der Waals surface area contributed by atoms with Gasteiger partial charge in [-0.25, -0.2) is 0 Å². The molecule has 106 valence electrons. The van der Waals surface area contributed by atoms with Crippen LogP contribution < -0.4 is 10.6 Å². The lowest BCUT2D eigenvalue weighted by Crippen LogP contribution is -2.27. The summed E-state index contributed by atoms with van der Waals surface area (Å²) in [5, 5.41) is 7.10. The molecule has 2 N–H and O–H groups in total. The van der Waals surface area contributed by atoms with Gasteiger partial charge >= 0.3 is 0 Å². The van der Waals surface area contributed by atoms with Gasteiger partial charge < -0.3 is 10.6 Å². The molecule has 0 aliphatic rings. The fourth-order valence-corrected chi connectivity index (χ4v) is 2.09. The van der Waals surface area contributed by atoms with E-state index in [0.29, 0.717) is 34.6 Å². The zero-order valence-corrected chi connectivity index (χ0v) is 12.8. The van der Waals surface area contributed by atoms with E-state index in [2.05, 4.69) is 24.5 Å². The maximum Gasteiger partial charge on any atom is 0.221 e. The van der Waals surface area contributed by atoms with Gasteiger partial charge in [0.15, 0.2) is 0 Å². The second-order valence-corrected chi connectivity index (χ2v) is 5.62. The van der Waals surface area contributed by atoms with E-state index in [0.717, 1.165) is 13.0 Å². The van der Waals surface area contributed by atoms with E-state index >= 15 is 0 Å². The number of amides is 1. The van der Waals surface area contributed by atoms with Gasteiger partial charge in [0.05, 0.1) is 15.7 Å². The molecule has 0 radical (unpaired) electrons. The summed E-state index contributed by atoms with van der Waals surface area (Å²) < 4.78 is 0. The highest BCUT2D eigenvalue weighted by molar-refractivity contribution is 6.39. The number of halogens is 2. The molecule has 3 nitrogen and oxygen atoms in total. The summed E-state index contributed by atoms with van der Waals surface area (Å²) in [4.78, 5) is 11.6. The molecule has 0 saturated carbocycles. The average molecular weight is 303 g/mol. The van der Waals surface area contributed by atoms with Crippen molar-refractivity contribution in [1.82, 2.24) is 5.32 Å². The molecule has 1 aromatic rings. The number of nitrogens with one attached hydrogen (secondary N) is 2. The van der Waals surface area contributed by atoms with Crippen LogP contribution in [-0.4, -0.2) is 19.0 Å². The number of anilines is 1. The van der Waals surface area contributed by atoms with Gasteiger partial charge in [-0.15, -0.1) is 0 Å². The first-order valence-corrected chi connectivity index (χ1v) is 7.21. The minimum Gasteiger partial charge on any atom is -0.382 e. The van der Waals surface area contributed by atoms with Crippen molar-refractivity contribution in [2.75, 3.05) is 18.4 Å². The van der Waals surface area contributed by atoms with E-state index in [1.807, 2.05) is 0 Å². The van der Waals surface area contributed by atoms with Crippen LogP contribution in [0.5, 0.6) is 0 Å². The van der Waals surface area contributed by atoms with Crippen molar-refractivity contribution >= 4 is 34.8 Å². The van der Waals surface area contributed by atoms with Crippen molar-refractivity contribution in [3.63, 3.8) is 0 Å². The van der Waals surface area contributed by atoms with Gasteiger partial charge in [-0.3, -0.25) is 4.79 Å². The van der Waals surface area contributed by atoms with Gasteiger partial charge in [0.2, 0.25) is 5.91 Å². The van der Waals surface area contributed by atoms with Crippen LogP contribution in [0.3, 0.4) is 0 Å². The fraction of sp³-hybridized carbons (Fsp3) is 0.500. The summed E-state index contributed by atoms with van der Waals surface area (Å²) in [6, 6.07) is 5.31. The van der Waals surface area contributed by atoms with Crippen LogP contribution in [0.1, 0.15) is 26.7 Å². The minimum absolute atomic E-state index is 0.0383. The Kier molecular flexibility index (Phi) is 7.03. The van der Waals surface area contributed by atoms with Crippen LogP contribution >= 0.6 is 23.2 Å². The molecular weight excluding hydrogens is 283 g/mol. The lowest BCUT2D eigenvalue weighted by Gasteiger charge is -2.11. The molecule has 0 aliphatic heterocycles. The largest absolute Gasteiger partial charge is 0.382 e. The Labute approximate surface area is 124 Å². The molecule has 0 saturated heterocycles. The van der Waals surface area contributed by atoms with E-state index in [1.165, 1.54) is 0 Å². The molecule has 19 heavy (non-hydrogen) atoms. The van der Waals surface area contributed by atoms with Gasteiger partial charge in [-0.1, -0.05) is 43.1 Å². The van der Waals surface area contributed by atoms with Crippen molar-refractivity contribution in [3.8, 4) is 0 Å². The highest BCUT2D eigenvalue weighted by Crippen LogP contribution is 2.29. The molecule has 1 amide bonds. The average Bonchev–Trinajstić information content (AvgIpc) is 2.32. The topological polar surface area (TPSA) is 41.1 Å². The number of hydrogen-bond acceptors (Lipinski definition) is 2. The summed E-state index contributed by atoms with van der Waals surface area (Å²) in [7, 11) is 0. The first kappa shape index (κ1) is 16.1. The second kappa shape index (κ2) is 8.28. The van der Waals surface area contributed by atoms with E-state index in [9.17, 15) is 4.79 Å². The SMILES string of the molecule is CC(C)CCNC(=O)CCNc1c(Cl)cccc1Cl. The van der Waals surface area contributed by atoms with Crippen LogP contribution in [0.2, 0.25) is 10.0 Å². The van der Waals surface area contributed by atoms with Crippen LogP contribution in [0.15, 0.2) is 18.2 Å². The van der Waals surface area contributed by atoms with Crippen LogP contribution in [0, 0.1) is 5.92 Å². The van der Waals surface area contributed by atoms with Crippen LogP contribution in [0.25, 0.3) is 0 Å². The number of rotatable bonds is 7. The van der Waals surface area contributed by atoms with Gasteiger partial charge in [0.25, 0.3) is 0 Å². The standard InChI is InChI=1S/C14H20Cl2N2O/c1-10(2)6-8-17-13(19)7-9-18-14-11(15)4-3-5-12(14)16/h3-5,10,18H,6-9H2,1-2H3,(H,17,19). The maximum atomic E-state index is 11.6. The molecule has 1 rings (SSSR count). The maximum absolute atomic E-state index is 11.6. The van der Waals surface area contributed by atoms with Gasteiger partial charge in [-0.2, -0.15) is 0 Å². The number of para-hydroxylation sites is 1. The van der Waals surface area contributed by atoms with Crippen LogP contribution in [0.4, 0.5) is 5.69 Å². The zero-order valence-electron chi connectivity index (χ0n) is 11.3. The van der Waals surface area contributed by atoms with E-state index in [1.54, 1.807) is 18.2 Å². The molecular formula is C14H20Cl2N2O. The first-order valence-electron chi connectivity index (χ1n) is 6.45. The normalized spacial score (nSPS) is 10.6. The highest BCUT2D eigenvalue weighted by Gasteiger charge is 2.06. The van der Waals surface area contributed by atoms with Crippen molar-refractivity contribution in [2.24, 2.45) is 5.92 Å². The third-order valence-electron chi connectivity index (χ3n) is 2.66. The minimum atomic E-state index is 0.0383. The molecule has 0 atom stereocenters. The predicted octanol–water partition coefficient (Wildman–Crippen LogP) is 3.96. The number of carbonyl (C=O) groups is 1. The van der Waals surface area contributed by atoms with Crippen LogP contribution in [-0.2, 0) is 4.79 Å². The molecule has 0 heterocycles. The van der Waals surface area contributed by atoms with E-state index in [-0.39, 0.29) is 5.91 Å². The first-order chi connectivity index (χ1) is 9.00. The smallest absolute Gasteiger partial charge is 0.221 e. The van der Waals surface area contributed by atoms with Crippen molar-refractivity contribution in [1.29, 1.82) is 0 Å². The molecule has 0 fully saturated rings. The number of hydrogen-bond donors (Lipinski definition) is 2. The lowest BCUT2D eigenvalue weighted by atomic mass is 10.1. The Balaban J connectivity index is 2.28. The molecule has 0 aromatic heterocycles. The Hall–Kier alpha value is -0.930. The van der Waals surface area contributed by atoms with Crippen molar-refractivity contribution < 1.29 is 4.79 Å².